The Hall–Kier alpha value is -2.51. The highest BCUT2D eigenvalue weighted by atomic mass is 32.2. The third-order valence-electron chi connectivity index (χ3n) is 3.88. The van der Waals surface area contributed by atoms with E-state index in [1.807, 2.05) is 44.2 Å². The fraction of sp³-hybridized carbons (Fsp3) is 0.263. The number of aromatic nitrogens is 2. The minimum absolute atomic E-state index is 0.131. The minimum Gasteiger partial charge on any atom is -0.334 e. The van der Waals surface area contributed by atoms with Gasteiger partial charge in [0.15, 0.2) is 0 Å². The molecule has 0 aliphatic rings. The maximum atomic E-state index is 12.7. The van der Waals surface area contributed by atoms with Gasteiger partial charge in [-0.1, -0.05) is 61.5 Å². The maximum Gasteiger partial charge on any atom is 0.259 e. The van der Waals surface area contributed by atoms with Crippen molar-refractivity contribution in [3.63, 3.8) is 0 Å². The van der Waals surface area contributed by atoms with Crippen LogP contribution in [0.4, 0.5) is 0 Å². The van der Waals surface area contributed by atoms with E-state index in [1.165, 1.54) is 0 Å². The van der Waals surface area contributed by atoms with E-state index in [-0.39, 0.29) is 10.8 Å². The summed E-state index contributed by atoms with van der Waals surface area (Å²) in [6.07, 6.45) is 0.764. The Balaban J connectivity index is 1.92. The van der Waals surface area contributed by atoms with Crippen LogP contribution in [0.25, 0.3) is 22.8 Å². The summed E-state index contributed by atoms with van der Waals surface area (Å²) in [7, 11) is -3.67. The van der Waals surface area contributed by atoms with Crippen molar-refractivity contribution in [3.8, 4) is 22.8 Å². The highest BCUT2D eigenvalue weighted by Gasteiger charge is 2.22. The monoisotopic (exact) mass is 371 g/mol. The molecule has 6 nitrogen and oxygen atoms in total. The molecule has 0 fully saturated rings. The molecule has 0 radical (unpaired) electrons. The summed E-state index contributed by atoms with van der Waals surface area (Å²) in [6, 6.07) is 16.0. The SMILES string of the molecule is CC(C)CCNS(=O)(=O)c1ccccc1-c1nc(-c2ccccc2)no1. The number of sulfonamides is 1. The number of hydrogen-bond acceptors (Lipinski definition) is 5. The Labute approximate surface area is 153 Å². The zero-order valence-corrected chi connectivity index (χ0v) is 15.5. The van der Waals surface area contributed by atoms with E-state index >= 15 is 0 Å². The Bertz CT molecular complexity index is 966. The molecule has 0 bridgehead atoms. The number of nitrogens with zero attached hydrogens (tertiary/aromatic N) is 2. The Morgan fingerprint density at radius 3 is 2.46 bits per heavy atom. The zero-order chi connectivity index (χ0) is 18.6. The molecule has 0 atom stereocenters. The van der Waals surface area contributed by atoms with Crippen LogP contribution in [-0.4, -0.2) is 25.1 Å². The van der Waals surface area contributed by atoms with Crippen LogP contribution in [0.1, 0.15) is 20.3 Å². The molecule has 0 spiro atoms. The van der Waals surface area contributed by atoms with Gasteiger partial charge in [-0.05, 0) is 24.5 Å². The van der Waals surface area contributed by atoms with Gasteiger partial charge in [-0.15, -0.1) is 0 Å². The molecule has 26 heavy (non-hydrogen) atoms. The Kier molecular flexibility index (Phi) is 5.49. The molecule has 1 aromatic heterocycles. The lowest BCUT2D eigenvalue weighted by Crippen LogP contribution is -2.26. The van der Waals surface area contributed by atoms with Crippen molar-refractivity contribution >= 4 is 10.0 Å². The molecule has 0 unspecified atom stereocenters. The quantitative estimate of drug-likeness (QED) is 0.684. The molecule has 0 saturated heterocycles. The van der Waals surface area contributed by atoms with Crippen LogP contribution < -0.4 is 4.72 Å². The summed E-state index contributed by atoms with van der Waals surface area (Å²) in [5, 5.41) is 3.97. The predicted molar refractivity (Wildman–Crippen MR) is 99.8 cm³/mol. The van der Waals surface area contributed by atoms with Crippen molar-refractivity contribution in [3.05, 3.63) is 54.6 Å². The zero-order valence-electron chi connectivity index (χ0n) is 14.7. The molecule has 2 aromatic carbocycles. The molecular weight excluding hydrogens is 350 g/mol. The normalized spacial score (nSPS) is 11.8. The van der Waals surface area contributed by atoms with Crippen LogP contribution in [0.5, 0.6) is 0 Å². The van der Waals surface area contributed by atoms with E-state index in [4.69, 9.17) is 4.52 Å². The van der Waals surface area contributed by atoms with Gasteiger partial charge in [0, 0.05) is 12.1 Å². The highest BCUT2D eigenvalue weighted by molar-refractivity contribution is 7.89. The van der Waals surface area contributed by atoms with Gasteiger partial charge >= 0.3 is 0 Å². The largest absolute Gasteiger partial charge is 0.334 e. The molecule has 1 N–H and O–H groups in total. The molecular formula is C19H21N3O3S. The second kappa shape index (κ2) is 7.80. The number of hydrogen-bond donors (Lipinski definition) is 1. The van der Waals surface area contributed by atoms with Crippen molar-refractivity contribution in [2.75, 3.05) is 6.54 Å². The molecule has 3 aromatic rings. The Morgan fingerprint density at radius 1 is 1.04 bits per heavy atom. The molecule has 0 aliphatic carbocycles. The van der Waals surface area contributed by atoms with Crippen molar-refractivity contribution in [2.24, 2.45) is 5.92 Å². The number of rotatable bonds is 7. The fourth-order valence-electron chi connectivity index (χ4n) is 2.47. The Morgan fingerprint density at radius 2 is 1.73 bits per heavy atom. The first-order chi connectivity index (χ1) is 12.5. The predicted octanol–water partition coefficient (Wildman–Crippen LogP) is 3.73. The van der Waals surface area contributed by atoms with Crippen LogP contribution in [0.2, 0.25) is 0 Å². The number of nitrogens with one attached hydrogen (secondary N) is 1. The smallest absolute Gasteiger partial charge is 0.259 e. The third-order valence-corrected chi connectivity index (χ3v) is 5.40. The van der Waals surface area contributed by atoms with E-state index in [2.05, 4.69) is 14.9 Å². The lowest BCUT2D eigenvalue weighted by atomic mass is 10.1. The van der Waals surface area contributed by atoms with Gasteiger partial charge in [0.25, 0.3) is 5.89 Å². The average Bonchev–Trinajstić information content (AvgIpc) is 3.12. The van der Waals surface area contributed by atoms with Crippen LogP contribution in [-0.2, 0) is 10.0 Å². The van der Waals surface area contributed by atoms with Crippen molar-refractivity contribution in [1.29, 1.82) is 0 Å². The van der Waals surface area contributed by atoms with Gasteiger partial charge in [0.05, 0.1) is 10.5 Å². The van der Waals surface area contributed by atoms with Gasteiger partial charge in [0.1, 0.15) is 0 Å². The van der Waals surface area contributed by atoms with E-state index in [1.54, 1.807) is 24.3 Å². The summed E-state index contributed by atoms with van der Waals surface area (Å²) in [6.45, 7) is 4.48. The van der Waals surface area contributed by atoms with Gasteiger partial charge in [-0.25, -0.2) is 13.1 Å². The molecule has 0 aliphatic heterocycles. The molecule has 0 amide bonds. The topological polar surface area (TPSA) is 85.1 Å². The van der Waals surface area contributed by atoms with E-state index < -0.39 is 10.0 Å². The van der Waals surface area contributed by atoms with Crippen LogP contribution >= 0.6 is 0 Å². The number of benzene rings is 2. The summed E-state index contributed by atoms with van der Waals surface area (Å²) >= 11 is 0. The second-order valence-corrected chi connectivity index (χ2v) is 8.10. The summed E-state index contributed by atoms with van der Waals surface area (Å²) in [5.41, 5.74) is 1.19. The van der Waals surface area contributed by atoms with Crippen LogP contribution in [0.15, 0.2) is 64.0 Å². The summed E-state index contributed by atoms with van der Waals surface area (Å²) < 4.78 is 33.3. The lowest BCUT2D eigenvalue weighted by molar-refractivity contribution is 0.431. The molecule has 7 heteroatoms. The van der Waals surface area contributed by atoms with Crippen molar-refractivity contribution in [1.82, 2.24) is 14.9 Å². The standard InChI is InChI=1S/C19H21N3O3S/c1-14(2)12-13-20-26(23,24)17-11-7-6-10-16(17)19-21-18(22-25-19)15-8-4-3-5-9-15/h3-11,14,20H,12-13H2,1-2H3. The second-order valence-electron chi connectivity index (χ2n) is 6.37. The maximum absolute atomic E-state index is 12.7. The van der Waals surface area contributed by atoms with E-state index in [0.717, 1.165) is 12.0 Å². The van der Waals surface area contributed by atoms with Crippen molar-refractivity contribution < 1.29 is 12.9 Å². The molecule has 136 valence electrons. The van der Waals surface area contributed by atoms with Gasteiger partial charge in [0.2, 0.25) is 15.8 Å². The molecule has 0 saturated carbocycles. The first-order valence-corrected chi connectivity index (χ1v) is 9.94. The fourth-order valence-corrected chi connectivity index (χ4v) is 3.72. The van der Waals surface area contributed by atoms with E-state index in [0.29, 0.717) is 23.9 Å². The van der Waals surface area contributed by atoms with Gasteiger partial charge in [-0.3, -0.25) is 0 Å². The van der Waals surface area contributed by atoms with Gasteiger partial charge in [-0.2, -0.15) is 4.98 Å². The first kappa shape index (κ1) is 18.3. The lowest BCUT2D eigenvalue weighted by Gasteiger charge is -2.10. The van der Waals surface area contributed by atoms with Crippen LogP contribution in [0.3, 0.4) is 0 Å². The van der Waals surface area contributed by atoms with Crippen LogP contribution in [0, 0.1) is 5.92 Å². The molecule has 1 heterocycles. The highest BCUT2D eigenvalue weighted by Crippen LogP contribution is 2.27. The average molecular weight is 371 g/mol. The van der Waals surface area contributed by atoms with E-state index in [9.17, 15) is 8.42 Å². The third kappa shape index (κ3) is 4.17. The first-order valence-electron chi connectivity index (χ1n) is 8.45. The van der Waals surface area contributed by atoms with Gasteiger partial charge < -0.3 is 4.52 Å². The summed E-state index contributed by atoms with van der Waals surface area (Å²) in [4.78, 5) is 4.49. The minimum atomic E-state index is -3.67. The molecule has 3 rings (SSSR count). The van der Waals surface area contributed by atoms with Crippen molar-refractivity contribution in [2.45, 2.75) is 25.2 Å². The summed E-state index contributed by atoms with van der Waals surface area (Å²) in [5.74, 6) is 1.01.